The summed E-state index contributed by atoms with van der Waals surface area (Å²) >= 11 is 0. The number of carbonyl (C=O) groups is 2. The average Bonchev–Trinajstić information content (AvgIpc) is 2.87. The quantitative estimate of drug-likeness (QED) is 0.455. The summed E-state index contributed by atoms with van der Waals surface area (Å²) in [5.74, 6) is -0.865. The number of anilines is 1. The van der Waals surface area contributed by atoms with Crippen molar-refractivity contribution in [3.63, 3.8) is 0 Å². The number of amides is 2. The standard InChI is InChI=1S/C24H26N4O6S/c1-2-8-25-23(30)16-4-3-5-17(13-16)26-24(31)20-15-22(29)27-21-7-6-18(14-19(20)21)35(32,33)28-9-11-34-12-10-28/h3-7,13-15H,2,8-12H2,1H3,(H,25,30)(H,26,31)(H,27,29). The summed E-state index contributed by atoms with van der Waals surface area (Å²) < 4.78 is 32.8. The highest BCUT2D eigenvalue weighted by Crippen LogP contribution is 2.24. The monoisotopic (exact) mass is 498 g/mol. The van der Waals surface area contributed by atoms with Gasteiger partial charge in [-0.15, -0.1) is 0 Å². The number of aromatic amines is 1. The fraction of sp³-hybridized carbons (Fsp3) is 0.292. The van der Waals surface area contributed by atoms with Gasteiger partial charge in [-0.1, -0.05) is 13.0 Å². The third kappa shape index (κ3) is 5.42. The van der Waals surface area contributed by atoms with Gasteiger partial charge in [-0.3, -0.25) is 14.4 Å². The van der Waals surface area contributed by atoms with E-state index < -0.39 is 21.5 Å². The predicted octanol–water partition coefficient (Wildman–Crippen LogP) is 1.94. The Bertz CT molecular complexity index is 1430. The number of nitrogens with zero attached hydrogens (tertiary/aromatic N) is 1. The molecule has 0 spiro atoms. The molecule has 0 saturated carbocycles. The lowest BCUT2D eigenvalue weighted by Gasteiger charge is -2.26. The van der Waals surface area contributed by atoms with E-state index in [-0.39, 0.29) is 34.8 Å². The first-order valence-electron chi connectivity index (χ1n) is 11.2. The summed E-state index contributed by atoms with van der Waals surface area (Å²) in [6.07, 6.45) is 0.793. The van der Waals surface area contributed by atoms with Crippen LogP contribution < -0.4 is 16.2 Å². The topological polar surface area (TPSA) is 138 Å². The molecule has 0 bridgehead atoms. The molecule has 1 saturated heterocycles. The first-order chi connectivity index (χ1) is 16.8. The molecule has 3 aromatic rings. The Morgan fingerprint density at radius 3 is 2.57 bits per heavy atom. The number of H-pyrrole nitrogens is 1. The number of aromatic nitrogens is 1. The highest BCUT2D eigenvalue weighted by Gasteiger charge is 2.27. The van der Waals surface area contributed by atoms with Crippen LogP contribution in [0.25, 0.3) is 10.9 Å². The maximum absolute atomic E-state index is 13.2. The molecule has 2 heterocycles. The minimum absolute atomic E-state index is 0.0163. The number of hydrogen-bond donors (Lipinski definition) is 3. The van der Waals surface area contributed by atoms with Gasteiger partial charge in [-0.25, -0.2) is 8.42 Å². The molecular weight excluding hydrogens is 472 g/mol. The van der Waals surface area contributed by atoms with Crippen LogP contribution in [0.1, 0.15) is 34.1 Å². The Balaban J connectivity index is 1.67. The second kappa shape index (κ2) is 10.4. The molecule has 10 nitrogen and oxygen atoms in total. The molecule has 1 fully saturated rings. The minimum atomic E-state index is -3.80. The maximum Gasteiger partial charge on any atom is 0.256 e. The number of pyridine rings is 1. The molecule has 1 aliphatic heterocycles. The molecule has 1 aromatic heterocycles. The smallest absolute Gasteiger partial charge is 0.256 e. The Morgan fingerprint density at radius 1 is 1.06 bits per heavy atom. The Labute approximate surface area is 202 Å². The van der Waals surface area contributed by atoms with Gasteiger partial charge in [0.2, 0.25) is 15.6 Å². The highest BCUT2D eigenvalue weighted by atomic mass is 32.2. The van der Waals surface area contributed by atoms with Gasteiger partial charge in [0.05, 0.1) is 23.7 Å². The number of ether oxygens (including phenoxy) is 1. The van der Waals surface area contributed by atoms with Gasteiger partial charge >= 0.3 is 0 Å². The summed E-state index contributed by atoms with van der Waals surface area (Å²) in [4.78, 5) is 40.3. The van der Waals surface area contributed by atoms with Crippen molar-refractivity contribution in [3.8, 4) is 0 Å². The number of benzene rings is 2. The van der Waals surface area contributed by atoms with E-state index in [2.05, 4.69) is 15.6 Å². The second-order valence-electron chi connectivity index (χ2n) is 8.06. The molecule has 0 atom stereocenters. The zero-order valence-corrected chi connectivity index (χ0v) is 20.0. The summed E-state index contributed by atoms with van der Waals surface area (Å²) in [5, 5.41) is 5.76. The Morgan fingerprint density at radius 2 is 1.83 bits per heavy atom. The molecule has 1 aliphatic rings. The van der Waals surface area contributed by atoms with Gasteiger partial charge in [-0.05, 0) is 42.8 Å². The van der Waals surface area contributed by atoms with E-state index in [0.717, 1.165) is 12.5 Å². The summed E-state index contributed by atoms with van der Waals surface area (Å²) in [6, 6.07) is 11.8. The number of fused-ring (bicyclic) bond motifs is 1. The Hall–Kier alpha value is -3.54. The van der Waals surface area contributed by atoms with E-state index in [4.69, 9.17) is 4.74 Å². The fourth-order valence-corrected chi connectivity index (χ4v) is 5.23. The molecule has 0 radical (unpaired) electrons. The number of hydrogen-bond acceptors (Lipinski definition) is 6. The van der Waals surface area contributed by atoms with Crippen molar-refractivity contribution in [2.45, 2.75) is 18.2 Å². The highest BCUT2D eigenvalue weighted by molar-refractivity contribution is 7.89. The van der Waals surface area contributed by atoms with Crippen molar-refractivity contribution in [1.29, 1.82) is 0 Å². The summed E-state index contributed by atoms with van der Waals surface area (Å²) in [5.41, 5.74) is 0.592. The fourth-order valence-electron chi connectivity index (χ4n) is 3.79. The minimum Gasteiger partial charge on any atom is -0.379 e. The third-order valence-electron chi connectivity index (χ3n) is 5.59. The second-order valence-corrected chi connectivity index (χ2v) is 10.00. The van der Waals surface area contributed by atoms with Gasteiger partial charge in [0, 0.05) is 47.9 Å². The molecule has 3 N–H and O–H groups in total. The van der Waals surface area contributed by atoms with Gasteiger partial charge in [-0.2, -0.15) is 4.31 Å². The zero-order valence-electron chi connectivity index (χ0n) is 19.2. The van der Waals surface area contributed by atoms with E-state index >= 15 is 0 Å². The number of nitrogens with one attached hydrogen (secondary N) is 3. The van der Waals surface area contributed by atoms with Crippen molar-refractivity contribution in [2.24, 2.45) is 0 Å². The van der Waals surface area contributed by atoms with Crippen molar-refractivity contribution < 1.29 is 22.7 Å². The Kier molecular flexibility index (Phi) is 7.29. The molecule has 2 amide bonds. The number of sulfonamides is 1. The number of morpholine rings is 1. The van der Waals surface area contributed by atoms with Crippen LogP contribution in [0, 0.1) is 0 Å². The van der Waals surface area contributed by atoms with Crippen LogP contribution in [0.5, 0.6) is 0 Å². The lowest BCUT2D eigenvalue weighted by atomic mass is 10.1. The number of rotatable bonds is 7. The average molecular weight is 499 g/mol. The molecule has 0 unspecified atom stereocenters. The van der Waals surface area contributed by atoms with Crippen molar-refractivity contribution in [3.05, 3.63) is 70.0 Å². The van der Waals surface area contributed by atoms with Crippen LogP contribution in [-0.4, -0.2) is 62.4 Å². The van der Waals surface area contributed by atoms with E-state index in [0.29, 0.717) is 36.5 Å². The lowest BCUT2D eigenvalue weighted by molar-refractivity contribution is 0.0730. The lowest BCUT2D eigenvalue weighted by Crippen LogP contribution is -2.40. The molecule has 184 valence electrons. The summed E-state index contributed by atoms with van der Waals surface area (Å²) in [7, 11) is -3.80. The maximum atomic E-state index is 13.2. The largest absolute Gasteiger partial charge is 0.379 e. The molecule has 11 heteroatoms. The molecule has 35 heavy (non-hydrogen) atoms. The SMILES string of the molecule is CCCNC(=O)c1cccc(NC(=O)c2cc(=O)[nH]c3ccc(S(=O)(=O)N4CCOCC4)cc23)c1. The normalized spacial score (nSPS) is 14.5. The van der Waals surface area contributed by atoms with Crippen LogP contribution in [-0.2, 0) is 14.8 Å². The van der Waals surface area contributed by atoms with Crippen molar-refractivity contribution in [1.82, 2.24) is 14.6 Å². The first kappa shape index (κ1) is 24.6. The van der Waals surface area contributed by atoms with Crippen molar-refractivity contribution in [2.75, 3.05) is 38.2 Å². The molecule has 0 aliphatic carbocycles. The van der Waals surface area contributed by atoms with Crippen LogP contribution in [0.3, 0.4) is 0 Å². The summed E-state index contributed by atoms with van der Waals surface area (Å²) in [6.45, 7) is 3.57. The molecule has 2 aromatic carbocycles. The van der Waals surface area contributed by atoms with E-state index in [9.17, 15) is 22.8 Å². The van der Waals surface area contributed by atoms with Gasteiger partial charge in [0.1, 0.15) is 0 Å². The number of carbonyl (C=O) groups excluding carboxylic acids is 2. The first-order valence-corrected chi connectivity index (χ1v) is 12.7. The third-order valence-corrected chi connectivity index (χ3v) is 7.48. The van der Waals surface area contributed by atoms with Crippen LogP contribution in [0.2, 0.25) is 0 Å². The van der Waals surface area contributed by atoms with E-state index in [1.807, 2.05) is 6.92 Å². The van der Waals surface area contributed by atoms with Crippen molar-refractivity contribution >= 4 is 38.4 Å². The van der Waals surface area contributed by atoms with Gasteiger partial charge in [0.15, 0.2) is 0 Å². The van der Waals surface area contributed by atoms with Gasteiger partial charge < -0.3 is 20.4 Å². The van der Waals surface area contributed by atoms with E-state index in [1.54, 1.807) is 18.2 Å². The van der Waals surface area contributed by atoms with Crippen LogP contribution in [0.15, 0.2) is 58.2 Å². The molecular formula is C24H26N4O6S. The van der Waals surface area contributed by atoms with Gasteiger partial charge in [0.25, 0.3) is 11.8 Å². The predicted molar refractivity (Wildman–Crippen MR) is 131 cm³/mol. The zero-order chi connectivity index (χ0) is 25.0. The van der Waals surface area contributed by atoms with Crippen LogP contribution in [0.4, 0.5) is 5.69 Å². The van der Waals surface area contributed by atoms with E-state index in [1.165, 1.54) is 28.6 Å². The molecule has 4 rings (SSSR count). The van der Waals surface area contributed by atoms with Crippen LogP contribution >= 0.6 is 0 Å².